The topological polar surface area (TPSA) is 89.9 Å². The quantitative estimate of drug-likeness (QED) is 0.391. The van der Waals surface area contributed by atoms with E-state index in [0.717, 1.165) is 63.5 Å². The molecular weight excluding hydrogens is 576 g/mol. The van der Waals surface area contributed by atoms with Gasteiger partial charge in [-0.1, -0.05) is 48.0 Å². The molecule has 2 N–H and O–H groups in total. The van der Waals surface area contributed by atoms with Gasteiger partial charge in [-0.2, -0.15) is 0 Å². The molecule has 2 amide bonds. The Kier molecular flexibility index (Phi) is 9.07. The average molecular weight is 617 g/mol. The third kappa shape index (κ3) is 6.85. The fraction of sp³-hybridized carbons (Fsp3) is 0.441. The molecule has 232 valence electrons. The molecule has 3 atom stereocenters. The van der Waals surface area contributed by atoms with Crippen LogP contribution in [0.2, 0.25) is 5.02 Å². The van der Waals surface area contributed by atoms with Crippen molar-refractivity contribution >= 4 is 34.8 Å². The van der Waals surface area contributed by atoms with Crippen LogP contribution < -0.4 is 21.1 Å². The van der Waals surface area contributed by atoms with Gasteiger partial charge in [0.2, 0.25) is 11.8 Å². The molecule has 3 aromatic rings. The number of aromatic nitrogens is 1. The Morgan fingerprint density at radius 3 is 2.45 bits per heavy atom. The van der Waals surface area contributed by atoms with Crippen LogP contribution in [-0.4, -0.2) is 78.5 Å². The van der Waals surface area contributed by atoms with Crippen molar-refractivity contribution in [2.45, 2.75) is 43.7 Å². The van der Waals surface area contributed by atoms with Crippen LogP contribution in [0.5, 0.6) is 0 Å². The molecule has 4 heterocycles. The highest BCUT2D eigenvalue weighted by Gasteiger charge is 2.29. The molecule has 0 saturated carbocycles. The van der Waals surface area contributed by atoms with E-state index < -0.39 is 0 Å². The Hall–Kier alpha value is -3.66. The highest BCUT2D eigenvalue weighted by molar-refractivity contribution is 6.33. The molecule has 9 nitrogen and oxygen atoms in total. The molecule has 6 rings (SSSR count). The van der Waals surface area contributed by atoms with E-state index in [9.17, 15) is 14.4 Å². The number of aryl methyl sites for hydroxylation is 1. The van der Waals surface area contributed by atoms with Crippen LogP contribution >= 0.6 is 11.6 Å². The van der Waals surface area contributed by atoms with E-state index in [-0.39, 0.29) is 34.4 Å². The smallest absolute Gasteiger partial charge is 0.271 e. The van der Waals surface area contributed by atoms with Crippen molar-refractivity contribution in [1.82, 2.24) is 19.7 Å². The standard InChI is InChI=1S/C34H41ClN6O3/c1-38-21-26(18-27(22-38)36-30-12-13-39(2)34(44)32(30)35)24-8-6-23(7-9-24)20-40-14-16-41(17-15-40)28-5-3-4-25(19-28)29-10-11-31(42)37-33(29)43/h3-9,12-13,19,26-27,29,36H,10-11,14-18,20-22H2,1-2H3,(H,37,42,43). The molecule has 0 aliphatic carbocycles. The molecule has 1 aromatic heterocycles. The lowest BCUT2D eigenvalue weighted by Crippen LogP contribution is -2.46. The molecule has 10 heteroatoms. The summed E-state index contributed by atoms with van der Waals surface area (Å²) >= 11 is 6.35. The third-order valence-corrected chi connectivity index (χ3v) is 9.67. The molecule has 0 spiro atoms. The number of piperidine rings is 2. The number of hydrogen-bond acceptors (Lipinski definition) is 7. The predicted octanol–water partition coefficient (Wildman–Crippen LogP) is 3.78. The Bertz CT molecular complexity index is 1570. The van der Waals surface area contributed by atoms with E-state index in [1.54, 1.807) is 13.2 Å². The van der Waals surface area contributed by atoms with Gasteiger partial charge < -0.3 is 19.7 Å². The summed E-state index contributed by atoms with van der Waals surface area (Å²) in [6.45, 7) is 6.60. The van der Waals surface area contributed by atoms with E-state index in [1.165, 1.54) is 15.7 Å². The summed E-state index contributed by atoms with van der Waals surface area (Å²) in [5, 5.41) is 6.24. The van der Waals surface area contributed by atoms with Gasteiger partial charge in [0.25, 0.3) is 5.56 Å². The summed E-state index contributed by atoms with van der Waals surface area (Å²) in [4.78, 5) is 43.4. The minimum Gasteiger partial charge on any atom is -0.380 e. The second-order valence-corrected chi connectivity index (χ2v) is 12.9. The predicted molar refractivity (Wildman–Crippen MR) is 174 cm³/mol. The van der Waals surface area contributed by atoms with Crippen LogP contribution in [0.1, 0.15) is 47.8 Å². The highest BCUT2D eigenvalue weighted by atomic mass is 35.5. The zero-order chi connectivity index (χ0) is 30.8. The first-order valence-electron chi connectivity index (χ1n) is 15.5. The van der Waals surface area contributed by atoms with Crippen LogP contribution in [0.25, 0.3) is 0 Å². The van der Waals surface area contributed by atoms with Crippen molar-refractivity contribution in [3.8, 4) is 0 Å². The summed E-state index contributed by atoms with van der Waals surface area (Å²) < 4.78 is 1.50. The second kappa shape index (κ2) is 13.1. The molecular formula is C34H41ClN6O3. The lowest BCUT2D eigenvalue weighted by molar-refractivity contribution is -0.134. The number of likely N-dealkylation sites (N-methyl/N-ethyl adjacent to an activating group) is 1. The summed E-state index contributed by atoms with van der Waals surface area (Å²) in [6.07, 6.45) is 3.69. The maximum absolute atomic E-state index is 12.4. The van der Waals surface area contributed by atoms with Crippen molar-refractivity contribution in [3.05, 3.63) is 92.9 Å². The van der Waals surface area contributed by atoms with Crippen molar-refractivity contribution in [1.29, 1.82) is 0 Å². The van der Waals surface area contributed by atoms with E-state index in [4.69, 9.17) is 11.6 Å². The molecule has 44 heavy (non-hydrogen) atoms. The van der Waals surface area contributed by atoms with Crippen LogP contribution in [0.15, 0.2) is 65.6 Å². The number of piperazine rings is 1. The number of hydrogen-bond donors (Lipinski definition) is 2. The number of nitrogens with zero attached hydrogens (tertiary/aromatic N) is 4. The van der Waals surface area contributed by atoms with Crippen LogP contribution in [0, 0.1) is 0 Å². The van der Waals surface area contributed by atoms with Crippen molar-refractivity contribution in [2.75, 3.05) is 56.5 Å². The van der Waals surface area contributed by atoms with Crippen LogP contribution in [0.3, 0.4) is 0 Å². The number of rotatable bonds is 7. The summed E-state index contributed by atoms with van der Waals surface area (Å²) in [7, 11) is 3.85. The first-order chi connectivity index (χ1) is 21.2. The number of carbonyl (C=O) groups excluding carboxylic acids is 2. The summed E-state index contributed by atoms with van der Waals surface area (Å²) in [6, 6.07) is 19.4. The lowest BCUT2D eigenvalue weighted by atomic mass is 9.87. The molecule has 2 aromatic carbocycles. The molecule has 3 aliphatic heterocycles. The zero-order valence-corrected chi connectivity index (χ0v) is 26.2. The number of benzene rings is 2. The molecule has 0 radical (unpaired) electrons. The highest BCUT2D eigenvalue weighted by Crippen LogP contribution is 2.31. The third-order valence-electron chi connectivity index (χ3n) is 9.31. The fourth-order valence-electron chi connectivity index (χ4n) is 6.86. The van der Waals surface area contributed by atoms with E-state index in [0.29, 0.717) is 24.4 Å². The van der Waals surface area contributed by atoms with Gasteiger partial charge in [0, 0.05) is 77.2 Å². The number of amides is 2. The Morgan fingerprint density at radius 2 is 1.70 bits per heavy atom. The first-order valence-corrected chi connectivity index (χ1v) is 15.9. The van der Waals surface area contributed by atoms with Crippen molar-refractivity contribution in [3.63, 3.8) is 0 Å². The number of carbonyl (C=O) groups is 2. The molecule has 3 fully saturated rings. The van der Waals surface area contributed by atoms with Crippen molar-refractivity contribution < 1.29 is 9.59 Å². The number of likely N-dealkylation sites (tertiary alicyclic amines) is 1. The number of halogens is 1. The Balaban J connectivity index is 1.02. The van der Waals surface area contributed by atoms with Gasteiger partial charge in [-0.25, -0.2) is 0 Å². The van der Waals surface area contributed by atoms with Crippen LogP contribution in [0.4, 0.5) is 11.4 Å². The van der Waals surface area contributed by atoms with Gasteiger partial charge in [-0.3, -0.25) is 24.6 Å². The molecule has 3 aliphatic rings. The van der Waals surface area contributed by atoms with E-state index in [2.05, 4.69) is 68.8 Å². The number of anilines is 2. The monoisotopic (exact) mass is 616 g/mol. The lowest BCUT2D eigenvalue weighted by Gasteiger charge is -2.37. The minimum absolute atomic E-state index is 0.180. The molecule has 0 bridgehead atoms. The normalized spacial score (nSPS) is 23.4. The summed E-state index contributed by atoms with van der Waals surface area (Å²) in [5.74, 6) is -0.233. The van der Waals surface area contributed by atoms with Crippen LogP contribution in [-0.2, 0) is 23.2 Å². The molecule has 3 saturated heterocycles. The van der Waals surface area contributed by atoms with Gasteiger partial charge in [-0.15, -0.1) is 0 Å². The summed E-state index contributed by atoms with van der Waals surface area (Å²) in [5.41, 5.74) is 5.28. The van der Waals surface area contributed by atoms with Gasteiger partial charge in [-0.05, 0) is 60.7 Å². The number of nitrogens with one attached hydrogen (secondary N) is 2. The molecule has 3 unspecified atom stereocenters. The van der Waals surface area contributed by atoms with Gasteiger partial charge in [0.05, 0.1) is 11.6 Å². The number of pyridine rings is 1. The minimum atomic E-state index is -0.258. The van der Waals surface area contributed by atoms with Crippen molar-refractivity contribution in [2.24, 2.45) is 7.05 Å². The Morgan fingerprint density at radius 1 is 0.932 bits per heavy atom. The van der Waals surface area contributed by atoms with Gasteiger partial charge in [0.1, 0.15) is 5.02 Å². The average Bonchev–Trinajstić information content (AvgIpc) is 3.02. The SMILES string of the molecule is CN1CC(Nc2ccn(C)c(=O)c2Cl)CC(c2ccc(CN3CCN(c4cccc(C5CCC(=O)NC5=O)c4)CC3)cc2)C1. The fourth-order valence-corrected chi connectivity index (χ4v) is 7.11. The largest absolute Gasteiger partial charge is 0.380 e. The maximum Gasteiger partial charge on any atom is 0.271 e. The first kappa shape index (κ1) is 30.4. The van der Waals surface area contributed by atoms with Gasteiger partial charge >= 0.3 is 0 Å². The van der Waals surface area contributed by atoms with E-state index >= 15 is 0 Å². The van der Waals surface area contributed by atoms with E-state index in [1.807, 2.05) is 18.2 Å². The number of imide groups is 1. The second-order valence-electron chi connectivity index (χ2n) is 12.6. The Labute approximate surface area is 263 Å². The zero-order valence-electron chi connectivity index (χ0n) is 25.5. The maximum atomic E-state index is 12.4. The van der Waals surface area contributed by atoms with Gasteiger partial charge in [0.15, 0.2) is 0 Å².